The molecule has 1 aliphatic carbocycles. The number of methoxy groups -OCH3 is 1. The van der Waals surface area contributed by atoms with Gasteiger partial charge < -0.3 is 15.2 Å². The standard InChI is InChI=1S/C16H19NO4/c1-21-12-8-6-11(7-9-12)10-17-15(18)13-4-2-3-5-14(13)16(19)20/h2-3,6-9,13-14H,4-5,10H2,1H3,(H,17,18)(H,19,20). The molecule has 0 fully saturated rings. The average Bonchev–Trinajstić information content (AvgIpc) is 2.53. The Morgan fingerprint density at radius 3 is 2.38 bits per heavy atom. The van der Waals surface area contributed by atoms with E-state index in [1.54, 1.807) is 7.11 Å². The van der Waals surface area contributed by atoms with Crippen LogP contribution in [-0.2, 0) is 16.1 Å². The van der Waals surface area contributed by atoms with Gasteiger partial charge in [-0.2, -0.15) is 0 Å². The van der Waals surface area contributed by atoms with Gasteiger partial charge >= 0.3 is 5.97 Å². The van der Waals surface area contributed by atoms with Gasteiger partial charge in [0.05, 0.1) is 18.9 Å². The van der Waals surface area contributed by atoms with E-state index in [1.165, 1.54) is 0 Å². The predicted octanol–water partition coefficient (Wildman–Crippen LogP) is 1.98. The van der Waals surface area contributed by atoms with E-state index in [0.717, 1.165) is 11.3 Å². The van der Waals surface area contributed by atoms with E-state index >= 15 is 0 Å². The number of aliphatic carboxylic acids is 1. The Bertz CT molecular complexity index is 536. The first-order valence-corrected chi connectivity index (χ1v) is 6.90. The summed E-state index contributed by atoms with van der Waals surface area (Å²) in [5.41, 5.74) is 0.947. The lowest BCUT2D eigenvalue weighted by atomic mass is 9.82. The van der Waals surface area contributed by atoms with Crippen molar-refractivity contribution in [2.75, 3.05) is 7.11 Å². The van der Waals surface area contributed by atoms with Crippen LogP contribution < -0.4 is 10.1 Å². The molecule has 0 aromatic heterocycles. The number of carboxylic acid groups (broad SMARTS) is 1. The highest BCUT2D eigenvalue weighted by Gasteiger charge is 2.33. The van der Waals surface area contributed by atoms with Crippen LogP contribution in [0.4, 0.5) is 0 Å². The number of amides is 1. The van der Waals surface area contributed by atoms with Crippen LogP contribution in [0.3, 0.4) is 0 Å². The fraction of sp³-hybridized carbons (Fsp3) is 0.375. The molecule has 21 heavy (non-hydrogen) atoms. The quantitative estimate of drug-likeness (QED) is 0.813. The van der Waals surface area contributed by atoms with Gasteiger partial charge in [-0.05, 0) is 30.5 Å². The first-order valence-electron chi connectivity index (χ1n) is 6.90. The Hall–Kier alpha value is -2.30. The highest BCUT2D eigenvalue weighted by atomic mass is 16.5. The number of rotatable bonds is 5. The highest BCUT2D eigenvalue weighted by molar-refractivity contribution is 5.85. The fourth-order valence-corrected chi connectivity index (χ4v) is 2.44. The molecule has 2 rings (SSSR count). The van der Waals surface area contributed by atoms with Crippen molar-refractivity contribution in [3.05, 3.63) is 42.0 Å². The van der Waals surface area contributed by atoms with Crippen LogP contribution >= 0.6 is 0 Å². The Morgan fingerprint density at radius 1 is 1.19 bits per heavy atom. The number of nitrogens with one attached hydrogen (secondary N) is 1. The highest BCUT2D eigenvalue weighted by Crippen LogP contribution is 2.26. The first kappa shape index (κ1) is 15.1. The van der Waals surface area contributed by atoms with Gasteiger partial charge in [0.1, 0.15) is 5.75 Å². The summed E-state index contributed by atoms with van der Waals surface area (Å²) in [4.78, 5) is 23.4. The van der Waals surface area contributed by atoms with Gasteiger partial charge in [-0.1, -0.05) is 24.3 Å². The van der Waals surface area contributed by atoms with Crippen LogP contribution in [0.1, 0.15) is 18.4 Å². The first-order chi connectivity index (χ1) is 10.1. The zero-order valence-electron chi connectivity index (χ0n) is 11.9. The molecule has 2 atom stereocenters. The minimum absolute atomic E-state index is 0.206. The van der Waals surface area contributed by atoms with Crippen LogP contribution in [0.25, 0.3) is 0 Å². The van der Waals surface area contributed by atoms with Gasteiger partial charge in [-0.25, -0.2) is 0 Å². The molecule has 5 nitrogen and oxygen atoms in total. The van der Waals surface area contributed by atoms with Crippen molar-refractivity contribution in [2.45, 2.75) is 19.4 Å². The number of benzene rings is 1. The molecule has 0 aliphatic heterocycles. The summed E-state index contributed by atoms with van der Waals surface area (Å²) in [5.74, 6) is -1.49. The molecule has 0 radical (unpaired) electrons. The number of hydrogen-bond acceptors (Lipinski definition) is 3. The molecular formula is C16H19NO4. The maximum Gasteiger partial charge on any atom is 0.307 e. The minimum Gasteiger partial charge on any atom is -0.497 e. The molecule has 1 aromatic rings. The molecule has 0 heterocycles. The van der Waals surface area contributed by atoms with E-state index in [0.29, 0.717) is 19.4 Å². The van der Waals surface area contributed by atoms with Gasteiger partial charge in [0.25, 0.3) is 0 Å². The lowest BCUT2D eigenvalue weighted by Gasteiger charge is -2.24. The molecule has 1 aromatic carbocycles. The van der Waals surface area contributed by atoms with E-state index < -0.39 is 17.8 Å². The lowest BCUT2D eigenvalue weighted by molar-refractivity contribution is -0.147. The average molecular weight is 289 g/mol. The topological polar surface area (TPSA) is 75.6 Å². The van der Waals surface area contributed by atoms with Crippen molar-refractivity contribution in [1.29, 1.82) is 0 Å². The normalized spacial score (nSPS) is 20.8. The van der Waals surface area contributed by atoms with Gasteiger partial charge in [0.2, 0.25) is 5.91 Å². The van der Waals surface area contributed by atoms with Crippen molar-refractivity contribution in [1.82, 2.24) is 5.32 Å². The van der Waals surface area contributed by atoms with Gasteiger partial charge in [-0.3, -0.25) is 9.59 Å². The zero-order chi connectivity index (χ0) is 15.2. The molecule has 0 saturated carbocycles. The number of carbonyl (C=O) groups excluding carboxylic acids is 1. The molecule has 0 spiro atoms. The van der Waals surface area contributed by atoms with Crippen LogP contribution in [-0.4, -0.2) is 24.1 Å². The van der Waals surface area contributed by atoms with E-state index in [9.17, 15) is 14.7 Å². The second-order valence-corrected chi connectivity index (χ2v) is 5.06. The Kier molecular flexibility index (Phi) is 4.98. The third kappa shape index (κ3) is 3.84. The number of carbonyl (C=O) groups is 2. The van der Waals surface area contributed by atoms with Crippen molar-refractivity contribution >= 4 is 11.9 Å². The summed E-state index contributed by atoms with van der Waals surface area (Å²) >= 11 is 0. The van der Waals surface area contributed by atoms with Crippen molar-refractivity contribution in [3.63, 3.8) is 0 Å². The van der Waals surface area contributed by atoms with Crippen molar-refractivity contribution < 1.29 is 19.4 Å². The molecule has 112 valence electrons. The molecule has 5 heteroatoms. The summed E-state index contributed by atoms with van der Waals surface area (Å²) in [6.45, 7) is 0.384. The molecule has 0 saturated heterocycles. The minimum atomic E-state index is -0.913. The van der Waals surface area contributed by atoms with E-state index in [2.05, 4.69) is 5.32 Å². The fourth-order valence-electron chi connectivity index (χ4n) is 2.44. The van der Waals surface area contributed by atoms with E-state index in [1.807, 2.05) is 36.4 Å². The van der Waals surface area contributed by atoms with Gasteiger partial charge in [0.15, 0.2) is 0 Å². The third-order valence-electron chi connectivity index (χ3n) is 3.71. The Labute approximate surface area is 123 Å². The zero-order valence-corrected chi connectivity index (χ0v) is 11.9. The third-order valence-corrected chi connectivity index (χ3v) is 3.71. The molecule has 1 amide bonds. The Morgan fingerprint density at radius 2 is 1.81 bits per heavy atom. The van der Waals surface area contributed by atoms with E-state index in [4.69, 9.17) is 4.74 Å². The van der Waals surface area contributed by atoms with Gasteiger partial charge in [0, 0.05) is 6.54 Å². The predicted molar refractivity (Wildman–Crippen MR) is 77.8 cm³/mol. The van der Waals surface area contributed by atoms with Crippen LogP contribution in [0.5, 0.6) is 5.75 Å². The Balaban J connectivity index is 1.93. The number of carboxylic acids is 1. The summed E-state index contributed by atoms with van der Waals surface area (Å²) in [5, 5.41) is 12.0. The second-order valence-electron chi connectivity index (χ2n) is 5.06. The lowest BCUT2D eigenvalue weighted by Crippen LogP contribution is -2.38. The smallest absolute Gasteiger partial charge is 0.307 e. The number of allylic oxidation sites excluding steroid dienone is 2. The van der Waals surface area contributed by atoms with Crippen LogP contribution in [0.15, 0.2) is 36.4 Å². The molecule has 2 unspecified atom stereocenters. The largest absolute Gasteiger partial charge is 0.497 e. The van der Waals surface area contributed by atoms with Crippen LogP contribution in [0.2, 0.25) is 0 Å². The summed E-state index contributed by atoms with van der Waals surface area (Å²) in [6, 6.07) is 7.39. The maximum absolute atomic E-state index is 12.2. The molecular weight excluding hydrogens is 270 g/mol. The van der Waals surface area contributed by atoms with Crippen molar-refractivity contribution in [3.8, 4) is 5.75 Å². The van der Waals surface area contributed by atoms with E-state index in [-0.39, 0.29) is 5.91 Å². The van der Waals surface area contributed by atoms with Gasteiger partial charge in [-0.15, -0.1) is 0 Å². The SMILES string of the molecule is COc1ccc(CNC(=O)C2CC=CCC2C(=O)O)cc1. The summed E-state index contributed by atoms with van der Waals surface area (Å²) < 4.78 is 5.07. The number of hydrogen-bond donors (Lipinski definition) is 2. The maximum atomic E-state index is 12.2. The second kappa shape index (κ2) is 6.92. The monoisotopic (exact) mass is 289 g/mol. The van der Waals surface area contributed by atoms with Crippen LogP contribution in [0, 0.1) is 11.8 Å². The molecule has 0 bridgehead atoms. The molecule has 1 aliphatic rings. The molecule has 2 N–H and O–H groups in total. The summed E-state index contributed by atoms with van der Waals surface area (Å²) in [7, 11) is 1.60. The van der Waals surface area contributed by atoms with Crippen molar-refractivity contribution in [2.24, 2.45) is 11.8 Å². The summed E-state index contributed by atoms with van der Waals surface area (Å²) in [6.07, 6.45) is 4.59. The number of ether oxygens (including phenoxy) is 1.